The van der Waals surface area contributed by atoms with Crippen molar-refractivity contribution >= 4 is 17.5 Å². The predicted molar refractivity (Wildman–Crippen MR) is 63.0 cm³/mol. The molecule has 16 heavy (non-hydrogen) atoms. The van der Waals surface area contributed by atoms with E-state index in [0.717, 1.165) is 17.9 Å². The van der Waals surface area contributed by atoms with Gasteiger partial charge in [-0.05, 0) is 30.5 Å². The van der Waals surface area contributed by atoms with Gasteiger partial charge in [-0.25, -0.2) is 0 Å². The summed E-state index contributed by atoms with van der Waals surface area (Å²) in [7, 11) is 0. The van der Waals surface area contributed by atoms with E-state index in [1.54, 1.807) is 6.07 Å². The molecule has 0 aliphatic rings. The van der Waals surface area contributed by atoms with E-state index in [2.05, 4.69) is 5.32 Å². The summed E-state index contributed by atoms with van der Waals surface area (Å²) in [5.41, 5.74) is 1.19. The maximum Gasteiger partial charge on any atom is 0.234 e. The maximum atomic E-state index is 10.9. The minimum atomic E-state index is -0.210. The highest BCUT2D eigenvalue weighted by Gasteiger charge is 1.98. The van der Waals surface area contributed by atoms with Crippen molar-refractivity contribution in [3.05, 3.63) is 34.9 Å². The topological polar surface area (TPSA) is 52.9 Å². The number of halogens is 1. The van der Waals surface area contributed by atoms with Gasteiger partial charge in [0.15, 0.2) is 0 Å². The third-order valence-electron chi connectivity index (χ3n) is 2.12. The van der Waals surface area contributed by atoms with Crippen molar-refractivity contribution in [3.8, 4) is 6.07 Å². The number of nitriles is 1. The summed E-state index contributed by atoms with van der Waals surface area (Å²) in [6.07, 6.45) is 1.68. The number of amides is 1. The summed E-state index contributed by atoms with van der Waals surface area (Å²) in [4.78, 5) is 10.9. The second-order valence-corrected chi connectivity index (χ2v) is 3.85. The molecule has 1 N–H and O–H groups in total. The van der Waals surface area contributed by atoms with Gasteiger partial charge in [0, 0.05) is 11.6 Å². The molecule has 0 bridgehead atoms. The number of carbonyl (C=O) groups is 1. The molecular weight excluding hydrogens is 224 g/mol. The van der Waals surface area contributed by atoms with Gasteiger partial charge in [-0.1, -0.05) is 23.7 Å². The number of nitrogens with zero attached hydrogens (tertiary/aromatic N) is 1. The van der Waals surface area contributed by atoms with Gasteiger partial charge in [-0.2, -0.15) is 5.26 Å². The van der Waals surface area contributed by atoms with E-state index >= 15 is 0 Å². The zero-order chi connectivity index (χ0) is 11.8. The van der Waals surface area contributed by atoms with Gasteiger partial charge in [0.05, 0.1) is 6.07 Å². The second kappa shape index (κ2) is 6.86. The Morgan fingerprint density at radius 1 is 1.38 bits per heavy atom. The molecule has 0 heterocycles. The Labute approximate surface area is 100 Å². The summed E-state index contributed by atoms with van der Waals surface area (Å²) in [5, 5.41) is 11.7. The van der Waals surface area contributed by atoms with Crippen molar-refractivity contribution in [2.45, 2.75) is 19.3 Å². The second-order valence-electron chi connectivity index (χ2n) is 3.41. The third kappa shape index (κ3) is 4.81. The highest BCUT2D eigenvalue weighted by molar-refractivity contribution is 6.30. The van der Waals surface area contributed by atoms with Crippen molar-refractivity contribution in [2.24, 2.45) is 0 Å². The molecule has 0 aliphatic heterocycles. The lowest BCUT2D eigenvalue weighted by Gasteiger charge is -2.03. The quantitative estimate of drug-likeness (QED) is 0.798. The van der Waals surface area contributed by atoms with Crippen molar-refractivity contribution < 1.29 is 4.79 Å². The number of nitrogens with one attached hydrogen (secondary N) is 1. The van der Waals surface area contributed by atoms with E-state index < -0.39 is 0 Å². The van der Waals surface area contributed by atoms with Crippen molar-refractivity contribution in [1.82, 2.24) is 5.32 Å². The molecule has 0 fully saturated rings. The van der Waals surface area contributed by atoms with Crippen LogP contribution in [-0.4, -0.2) is 12.5 Å². The number of carbonyl (C=O) groups excluding carboxylic acids is 1. The van der Waals surface area contributed by atoms with Crippen LogP contribution >= 0.6 is 11.6 Å². The van der Waals surface area contributed by atoms with Crippen LogP contribution < -0.4 is 5.32 Å². The lowest BCUT2D eigenvalue weighted by atomic mass is 10.1. The van der Waals surface area contributed by atoms with Crippen LogP contribution in [0.4, 0.5) is 0 Å². The summed E-state index contributed by atoms with van der Waals surface area (Å²) in [5.74, 6) is -0.210. The van der Waals surface area contributed by atoms with Crippen LogP contribution in [0.2, 0.25) is 5.02 Å². The number of hydrogen-bond donors (Lipinski definition) is 1. The molecule has 0 saturated heterocycles. The van der Waals surface area contributed by atoms with Gasteiger partial charge in [0.25, 0.3) is 0 Å². The molecule has 0 unspecified atom stereocenters. The Kier molecular flexibility index (Phi) is 5.38. The van der Waals surface area contributed by atoms with Gasteiger partial charge < -0.3 is 5.32 Å². The molecule has 1 amide bonds. The van der Waals surface area contributed by atoms with Gasteiger partial charge in [0.2, 0.25) is 5.91 Å². The Morgan fingerprint density at radius 3 is 2.69 bits per heavy atom. The average molecular weight is 237 g/mol. The van der Waals surface area contributed by atoms with Crippen LogP contribution in [0.1, 0.15) is 18.4 Å². The molecule has 0 radical (unpaired) electrons. The van der Waals surface area contributed by atoms with Crippen molar-refractivity contribution in [1.29, 1.82) is 5.26 Å². The smallest absolute Gasteiger partial charge is 0.234 e. The lowest BCUT2D eigenvalue weighted by molar-refractivity contribution is -0.120. The summed E-state index contributed by atoms with van der Waals surface area (Å²) in [6, 6.07) is 9.45. The number of benzene rings is 1. The van der Waals surface area contributed by atoms with E-state index in [0.29, 0.717) is 6.54 Å². The molecule has 0 saturated carbocycles. The fourth-order valence-electron chi connectivity index (χ4n) is 1.31. The van der Waals surface area contributed by atoms with Crippen LogP contribution in [0.25, 0.3) is 0 Å². The van der Waals surface area contributed by atoms with Crippen LogP contribution in [0.5, 0.6) is 0 Å². The minimum absolute atomic E-state index is 0.0685. The van der Waals surface area contributed by atoms with E-state index in [1.165, 1.54) is 5.56 Å². The van der Waals surface area contributed by atoms with Crippen LogP contribution in [0.3, 0.4) is 0 Å². The summed E-state index contributed by atoms with van der Waals surface area (Å²) < 4.78 is 0. The molecule has 1 rings (SSSR count). The van der Waals surface area contributed by atoms with Gasteiger partial charge in [-0.3, -0.25) is 4.79 Å². The normalized spacial score (nSPS) is 9.50. The third-order valence-corrected chi connectivity index (χ3v) is 2.37. The molecule has 0 aliphatic carbocycles. The fourth-order valence-corrected chi connectivity index (χ4v) is 1.43. The van der Waals surface area contributed by atoms with E-state index in [9.17, 15) is 4.79 Å². The van der Waals surface area contributed by atoms with Crippen LogP contribution in [0, 0.1) is 11.3 Å². The summed E-state index contributed by atoms with van der Waals surface area (Å²) in [6.45, 7) is 0.600. The standard InChI is InChI=1S/C12H13ClN2O/c13-11-5-3-10(4-6-11)2-1-9-15-12(16)7-8-14/h3-6H,1-2,7,9H2,(H,15,16). The minimum Gasteiger partial charge on any atom is -0.355 e. The molecule has 1 aromatic rings. The van der Waals surface area contributed by atoms with Gasteiger partial charge >= 0.3 is 0 Å². The molecule has 0 aromatic heterocycles. The summed E-state index contributed by atoms with van der Waals surface area (Å²) >= 11 is 5.76. The molecule has 4 heteroatoms. The Hall–Kier alpha value is -1.53. The molecular formula is C12H13ClN2O. The molecule has 1 aromatic carbocycles. The number of rotatable bonds is 5. The predicted octanol–water partition coefficient (Wildman–Crippen LogP) is 2.30. The monoisotopic (exact) mass is 236 g/mol. The Balaban J connectivity index is 2.19. The largest absolute Gasteiger partial charge is 0.355 e. The van der Waals surface area contributed by atoms with Crippen LogP contribution in [0.15, 0.2) is 24.3 Å². The molecule has 0 atom stereocenters. The fraction of sp³-hybridized carbons (Fsp3) is 0.333. The first-order valence-corrected chi connectivity index (χ1v) is 5.48. The average Bonchev–Trinajstić information content (AvgIpc) is 2.27. The molecule has 0 spiro atoms. The van der Waals surface area contributed by atoms with Crippen molar-refractivity contribution in [3.63, 3.8) is 0 Å². The Morgan fingerprint density at radius 2 is 2.06 bits per heavy atom. The van der Waals surface area contributed by atoms with Gasteiger partial charge in [0.1, 0.15) is 6.42 Å². The SMILES string of the molecule is N#CCC(=O)NCCCc1ccc(Cl)cc1. The van der Waals surface area contributed by atoms with E-state index in [-0.39, 0.29) is 12.3 Å². The first kappa shape index (κ1) is 12.5. The molecule has 3 nitrogen and oxygen atoms in total. The maximum absolute atomic E-state index is 10.9. The molecule has 84 valence electrons. The lowest BCUT2D eigenvalue weighted by Crippen LogP contribution is -2.23. The highest BCUT2D eigenvalue weighted by atomic mass is 35.5. The van der Waals surface area contributed by atoms with Crippen molar-refractivity contribution in [2.75, 3.05) is 6.54 Å². The zero-order valence-electron chi connectivity index (χ0n) is 8.87. The van der Waals surface area contributed by atoms with E-state index in [1.807, 2.05) is 24.3 Å². The first-order chi connectivity index (χ1) is 7.72. The number of aryl methyl sites for hydroxylation is 1. The van der Waals surface area contributed by atoms with E-state index in [4.69, 9.17) is 16.9 Å². The zero-order valence-corrected chi connectivity index (χ0v) is 9.63. The first-order valence-electron chi connectivity index (χ1n) is 5.10. The number of hydrogen-bond acceptors (Lipinski definition) is 2. The Bertz CT molecular complexity index is 381. The van der Waals surface area contributed by atoms with Gasteiger partial charge in [-0.15, -0.1) is 0 Å². The van der Waals surface area contributed by atoms with Crippen LogP contribution in [-0.2, 0) is 11.2 Å². The highest BCUT2D eigenvalue weighted by Crippen LogP contribution is 2.10.